The molecule has 0 aliphatic heterocycles. The van der Waals surface area contributed by atoms with Crippen LogP contribution in [-0.4, -0.2) is 13.1 Å². The van der Waals surface area contributed by atoms with Crippen molar-refractivity contribution in [2.45, 2.75) is 58.4 Å². The lowest BCUT2D eigenvalue weighted by Gasteiger charge is -2.23. The van der Waals surface area contributed by atoms with Gasteiger partial charge in [-0.2, -0.15) is 0 Å². The molecule has 0 aromatic heterocycles. The normalized spacial score (nSPS) is 28.6. The van der Waals surface area contributed by atoms with Crippen LogP contribution in [0.1, 0.15) is 52.4 Å². The quantitative estimate of drug-likeness (QED) is 0.690. The van der Waals surface area contributed by atoms with E-state index in [-0.39, 0.29) is 0 Å². The van der Waals surface area contributed by atoms with E-state index in [1.807, 2.05) is 0 Å². The van der Waals surface area contributed by atoms with Gasteiger partial charge >= 0.3 is 0 Å². The largest absolute Gasteiger partial charge is 0.317 e. The van der Waals surface area contributed by atoms with Crippen molar-refractivity contribution in [2.75, 3.05) is 7.05 Å². The summed E-state index contributed by atoms with van der Waals surface area (Å²) in [6.07, 6.45) is 8.49. The average Bonchev–Trinajstić information content (AvgIpc) is 2.61. The van der Waals surface area contributed by atoms with Crippen molar-refractivity contribution in [3.63, 3.8) is 0 Å². The maximum atomic E-state index is 3.47. The molecule has 13 heavy (non-hydrogen) atoms. The van der Waals surface area contributed by atoms with Crippen LogP contribution in [0.4, 0.5) is 0 Å². The molecular formula is C12H25N. The molecule has 1 heteroatoms. The first-order chi connectivity index (χ1) is 6.31. The van der Waals surface area contributed by atoms with Crippen LogP contribution in [0.25, 0.3) is 0 Å². The van der Waals surface area contributed by atoms with Gasteiger partial charge < -0.3 is 5.32 Å². The highest BCUT2D eigenvalue weighted by atomic mass is 14.9. The Balaban J connectivity index is 2.33. The van der Waals surface area contributed by atoms with Crippen molar-refractivity contribution in [1.82, 2.24) is 5.32 Å². The molecule has 0 saturated heterocycles. The third-order valence-corrected chi connectivity index (χ3v) is 3.82. The summed E-state index contributed by atoms with van der Waals surface area (Å²) in [6, 6.07) is 0.820. The third-order valence-electron chi connectivity index (χ3n) is 3.82. The van der Waals surface area contributed by atoms with E-state index in [0.29, 0.717) is 0 Å². The van der Waals surface area contributed by atoms with Gasteiger partial charge in [-0.05, 0) is 38.1 Å². The zero-order chi connectivity index (χ0) is 9.68. The summed E-state index contributed by atoms with van der Waals surface area (Å²) in [5.74, 6) is 1.94. The van der Waals surface area contributed by atoms with Crippen LogP contribution in [0, 0.1) is 11.8 Å². The predicted octanol–water partition coefficient (Wildman–Crippen LogP) is 3.20. The van der Waals surface area contributed by atoms with Crippen molar-refractivity contribution < 1.29 is 0 Å². The standard InChI is InChI=1S/C12H25N/c1-4-10(5-2)9-11-7-6-8-12(11)13-3/h10-13H,4-9H2,1-3H3. The van der Waals surface area contributed by atoms with Gasteiger partial charge in [0.15, 0.2) is 0 Å². The summed E-state index contributed by atoms with van der Waals surface area (Å²) in [5, 5.41) is 3.47. The zero-order valence-corrected chi connectivity index (χ0v) is 9.47. The molecule has 0 heterocycles. The molecule has 1 saturated carbocycles. The molecule has 1 nitrogen and oxygen atoms in total. The first kappa shape index (κ1) is 11.0. The van der Waals surface area contributed by atoms with Gasteiger partial charge in [-0.3, -0.25) is 0 Å². The minimum Gasteiger partial charge on any atom is -0.317 e. The zero-order valence-electron chi connectivity index (χ0n) is 9.47. The Bertz CT molecular complexity index is 129. The Labute approximate surface area is 83.3 Å². The molecule has 0 spiro atoms. The van der Waals surface area contributed by atoms with E-state index >= 15 is 0 Å². The predicted molar refractivity (Wildman–Crippen MR) is 58.9 cm³/mol. The van der Waals surface area contributed by atoms with Gasteiger partial charge in [0, 0.05) is 6.04 Å². The monoisotopic (exact) mass is 183 g/mol. The lowest BCUT2D eigenvalue weighted by molar-refractivity contribution is 0.315. The van der Waals surface area contributed by atoms with Crippen LogP contribution in [0.3, 0.4) is 0 Å². The molecular weight excluding hydrogens is 158 g/mol. The number of hydrogen-bond acceptors (Lipinski definition) is 1. The number of hydrogen-bond donors (Lipinski definition) is 1. The van der Waals surface area contributed by atoms with E-state index in [4.69, 9.17) is 0 Å². The second-order valence-electron chi connectivity index (χ2n) is 4.50. The summed E-state index contributed by atoms with van der Waals surface area (Å²) in [5.41, 5.74) is 0. The molecule has 2 atom stereocenters. The Morgan fingerprint density at radius 3 is 2.46 bits per heavy atom. The van der Waals surface area contributed by atoms with E-state index in [1.54, 1.807) is 0 Å². The Hall–Kier alpha value is -0.0400. The Morgan fingerprint density at radius 1 is 1.23 bits per heavy atom. The fourth-order valence-electron chi connectivity index (χ4n) is 2.75. The maximum absolute atomic E-state index is 3.47. The second-order valence-corrected chi connectivity index (χ2v) is 4.50. The Kier molecular flexibility index (Phi) is 4.79. The number of rotatable bonds is 5. The van der Waals surface area contributed by atoms with E-state index in [9.17, 15) is 0 Å². The first-order valence-corrected chi connectivity index (χ1v) is 5.99. The van der Waals surface area contributed by atoms with E-state index in [2.05, 4.69) is 26.2 Å². The topological polar surface area (TPSA) is 12.0 Å². The summed E-state index contributed by atoms with van der Waals surface area (Å²) >= 11 is 0. The van der Waals surface area contributed by atoms with Crippen LogP contribution in [0.2, 0.25) is 0 Å². The minimum atomic E-state index is 0.820. The van der Waals surface area contributed by atoms with Crippen molar-refractivity contribution in [3.05, 3.63) is 0 Å². The first-order valence-electron chi connectivity index (χ1n) is 5.99. The van der Waals surface area contributed by atoms with Crippen LogP contribution in [0.15, 0.2) is 0 Å². The van der Waals surface area contributed by atoms with Crippen LogP contribution >= 0.6 is 0 Å². The molecule has 0 bridgehead atoms. The minimum absolute atomic E-state index is 0.820. The summed E-state index contributed by atoms with van der Waals surface area (Å²) in [4.78, 5) is 0. The van der Waals surface area contributed by atoms with Gasteiger partial charge in [-0.1, -0.05) is 33.1 Å². The Morgan fingerprint density at radius 2 is 1.92 bits per heavy atom. The molecule has 1 aliphatic rings. The second kappa shape index (κ2) is 5.64. The smallest absolute Gasteiger partial charge is 0.00924 e. The molecule has 0 aromatic rings. The van der Waals surface area contributed by atoms with Gasteiger partial charge in [0.2, 0.25) is 0 Å². The van der Waals surface area contributed by atoms with Crippen LogP contribution in [-0.2, 0) is 0 Å². The van der Waals surface area contributed by atoms with E-state index in [1.165, 1.54) is 38.5 Å². The average molecular weight is 183 g/mol. The van der Waals surface area contributed by atoms with Crippen molar-refractivity contribution in [3.8, 4) is 0 Å². The van der Waals surface area contributed by atoms with E-state index < -0.39 is 0 Å². The molecule has 1 N–H and O–H groups in total. The molecule has 0 amide bonds. The van der Waals surface area contributed by atoms with Gasteiger partial charge in [0.25, 0.3) is 0 Å². The van der Waals surface area contributed by atoms with Gasteiger partial charge in [0.1, 0.15) is 0 Å². The highest BCUT2D eigenvalue weighted by Gasteiger charge is 2.27. The molecule has 0 radical (unpaired) electrons. The highest BCUT2D eigenvalue weighted by Crippen LogP contribution is 2.32. The van der Waals surface area contributed by atoms with Crippen molar-refractivity contribution in [1.29, 1.82) is 0 Å². The molecule has 1 rings (SSSR count). The van der Waals surface area contributed by atoms with Crippen LogP contribution in [0.5, 0.6) is 0 Å². The molecule has 1 fully saturated rings. The SMILES string of the molecule is CCC(CC)CC1CCCC1NC. The number of nitrogens with one attached hydrogen (secondary N) is 1. The fourth-order valence-corrected chi connectivity index (χ4v) is 2.75. The molecule has 2 unspecified atom stereocenters. The van der Waals surface area contributed by atoms with Gasteiger partial charge in [-0.25, -0.2) is 0 Å². The summed E-state index contributed by atoms with van der Waals surface area (Å²) < 4.78 is 0. The van der Waals surface area contributed by atoms with Crippen LogP contribution < -0.4 is 5.32 Å². The lowest BCUT2D eigenvalue weighted by Crippen LogP contribution is -2.30. The maximum Gasteiger partial charge on any atom is 0.00924 e. The highest BCUT2D eigenvalue weighted by molar-refractivity contribution is 4.83. The fraction of sp³-hybridized carbons (Fsp3) is 1.00. The third kappa shape index (κ3) is 2.98. The molecule has 78 valence electrons. The lowest BCUT2D eigenvalue weighted by atomic mass is 9.88. The molecule has 0 aromatic carbocycles. The molecule has 1 aliphatic carbocycles. The van der Waals surface area contributed by atoms with E-state index in [0.717, 1.165) is 17.9 Å². The van der Waals surface area contributed by atoms with Crippen molar-refractivity contribution >= 4 is 0 Å². The van der Waals surface area contributed by atoms with Gasteiger partial charge in [-0.15, -0.1) is 0 Å². The summed E-state index contributed by atoms with van der Waals surface area (Å²) in [6.45, 7) is 4.66. The van der Waals surface area contributed by atoms with Crippen molar-refractivity contribution in [2.24, 2.45) is 11.8 Å². The van der Waals surface area contributed by atoms with Gasteiger partial charge in [0.05, 0.1) is 0 Å². The summed E-state index contributed by atoms with van der Waals surface area (Å²) in [7, 11) is 2.12.